The second-order valence-corrected chi connectivity index (χ2v) is 4.66. The molecule has 0 saturated heterocycles. The molecule has 0 radical (unpaired) electrons. The van der Waals surface area contributed by atoms with E-state index in [0.29, 0.717) is 0 Å². The molecule has 0 saturated carbocycles. The van der Waals surface area contributed by atoms with Crippen molar-refractivity contribution in [2.24, 2.45) is 0 Å². The van der Waals surface area contributed by atoms with Crippen molar-refractivity contribution < 1.29 is 0 Å². The van der Waals surface area contributed by atoms with Gasteiger partial charge in [-0.2, -0.15) is 0 Å². The van der Waals surface area contributed by atoms with Crippen molar-refractivity contribution in [2.45, 2.75) is 6.92 Å². The molecule has 2 aromatic rings. The lowest BCUT2D eigenvalue weighted by molar-refractivity contribution is 1.56. The van der Waals surface area contributed by atoms with Crippen LogP contribution in [0.4, 0.5) is 0 Å². The van der Waals surface area contributed by atoms with Gasteiger partial charge in [0.05, 0.1) is 0 Å². The Morgan fingerprint density at radius 3 is 2.44 bits per heavy atom. The van der Waals surface area contributed by atoms with Gasteiger partial charge in [-0.05, 0) is 35.8 Å². The lowest BCUT2D eigenvalue weighted by Gasteiger charge is -2.01. The summed E-state index contributed by atoms with van der Waals surface area (Å²) in [4.78, 5) is 0. The van der Waals surface area contributed by atoms with Gasteiger partial charge in [0, 0.05) is 4.47 Å². The largest absolute Gasteiger partial charge is 0.0622 e. The Morgan fingerprint density at radius 1 is 1.00 bits per heavy atom. The smallest absolute Gasteiger partial charge is 0.0181 e. The zero-order valence-corrected chi connectivity index (χ0v) is 10.7. The van der Waals surface area contributed by atoms with Crippen molar-refractivity contribution in [3.05, 3.63) is 70.2 Å². The van der Waals surface area contributed by atoms with E-state index < -0.39 is 0 Å². The van der Waals surface area contributed by atoms with E-state index in [4.69, 9.17) is 0 Å². The monoisotopic (exact) mass is 272 g/mol. The SMILES string of the molecule is C/C(=C\c1cccc(Br)c1)c1ccccc1. The summed E-state index contributed by atoms with van der Waals surface area (Å²) in [6.45, 7) is 2.14. The molecule has 0 nitrogen and oxygen atoms in total. The summed E-state index contributed by atoms with van der Waals surface area (Å²) in [6.07, 6.45) is 2.19. The van der Waals surface area contributed by atoms with Gasteiger partial charge < -0.3 is 0 Å². The van der Waals surface area contributed by atoms with E-state index in [9.17, 15) is 0 Å². The topological polar surface area (TPSA) is 0 Å². The second-order valence-electron chi connectivity index (χ2n) is 3.75. The zero-order valence-electron chi connectivity index (χ0n) is 9.15. The van der Waals surface area contributed by atoms with Crippen LogP contribution in [-0.2, 0) is 0 Å². The zero-order chi connectivity index (χ0) is 11.4. The molecule has 2 aromatic carbocycles. The highest BCUT2D eigenvalue weighted by molar-refractivity contribution is 9.10. The molecule has 0 fully saturated rings. The number of hydrogen-bond donors (Lipinski definition) is 0. The molecule has 1 heteroatoms. The lowest BCUT2D eigenvalue weighted by atomic mass is 10.0. The minimum atomic E-state index is 1.11. The molecular weight excluding hydrogens is 260 g/mol. The van der Waals surface area contributed by atoms with Gasteiger partial charge in [-0.25, -0.2) is 0 Å². The van der Waals surface area contributed by atoms with E-state index in [1.54, 1.807) is 0 Å². The standard InChI is InChI=1S/C15H13Br/c1-12(14-7-3-2-4-8-14)10-13-6-5-9-15(16)11-13/h2-11H,1H3/b12-10+. The van der Waals surface area contributed by atoms with E-state index >= 15 is 0 Å². The number of allylic oxidation sites excluding steroid dienone is 1. The van der Waals surface area contributed by atoms with Gasteiger partial charge in [0.1, 0.15) is 0 Å². The Balaban J connectivity index is 2.32. The van der Waals surface area contributed by atoms with Gasteiger partial charge in [-0.1, -0.05) is 64.5 Å². The van der Waals surface area contributed by atoms with Gasteiger partial charge >= 0.3 is 0 Å². The maximum absolute atomic E-state index is 3.48. The first-order valence-electron chi connectivity index (χ1n) is 5.25. The van der Waals surface area contributed by atoms with Crippen LogP contribution < -0.4 is 0 Å². The van der Waals surface area contributed by atoms with Gasteiger partial charge in [0.25, 0.3) is 0 Å². The van der Waals surface area contributed by atoms with Crippen molar-refractivity contribution in [1.82, 2.24) is 0 Å². The Labute approximate surface area is 105 Å². The van der Waals surface area contributed by atoms with Crippen LogP contribution >= 0.6 is 15.9 Å². The number of rotatable bonds is 2. The Bertz CT molecular complexity index is 498. The molecule has 0 amide bonds. The van der Waals surface area contributed by atoms with Crippen LogP contribution in [0.5, 0.6) is 0 Å². The minimum absolute atomic E-state index is 1.11. The average molecular weight is 273 g/mol. The summed E-state index contributed by atoms with van der Waals surface area (Å²) in [5.74, 6) is 0. The van der Waals surface area contributed by atoms with Gasteiger partial charge in [0.15, 0.2) is 0 Å². The highest BCUT2D eigenvalue weighted by atomic mass is 79.9. The maximum Gasteiger partial charge on any atom is 0.0181 e. The fraction of sp³-hybridized carbons (Fsp3) is 0.0667. The lowest BCUT2D eigenvalue weighted by Crippen LogP contribution is -1.79. The first-order chi connectivity index (χ1) is 7.75. The number of benzene rings is 2. The maximum atomic E-state index is 3.48. The summed E-state index contributed by atoms with van der Waals surface area (Å²) in [5, 5.41) is 0. The Kier molecular flexibility index (Phi) is 3.58. The molecular formula is C15H13Br. The molecule has 2 rings (SSSR count). The molecule has 0 bridgehead atoms. The van der Waals surface area contributed by atoms with Crippen LogP contribution in [0.2, 0.25) is 0 Å². The fourth-order valence-corrected chi connectivity index (χ4v) is 2.05. The molecule has 0 aliphatic carbocycles. The van der Waals surface area contributed by atoms with Crippen LogP contribution in [0.1, 0.15) is 18.1 Å². The van der Waals surface area contributed by atoms with E-state index in [1.807, 2.05) is 18.2 Å². The van der Waals surface area contributed by atoms with Crippen LogP contribution in [0.25, 0.3) is 11.6 Å². The quantitative estimate of drug-likeness (QED) is 0.675. The molecule has 16 heavy (non-hydrogen) atoms. The molecule has 0 unspecified atom stereocenters. The summed E-state index contributed by atoms with van der Waals surface area (Å²) < 4.78 is 1.11. The average Bonchev–Trinajstić information content (AvgIpc) is 2.30. The third-order valence-electron chi connectivity index (χ3n) is 2.46. The third kappa shape index (κ3) is 2.83. The Morgan fingerprint density at radius 2 is 1.75 bits per heavy atom. The normalized spacial score (nSPS) is 11.5. The number of halogens is 1. The van der Waals surface area contributed by atoms with Crippen LogP contribution in [-0.4, -0.2) is 0 Å². The van der Waals surface area contributed by atoms with Gasteiger partial charge in [-0.15, -0.1) is 0 Å². The number of hydrogen-bond acceptors (Lipinski definition) is 0. The summed E-state index contributed by atoms with van der Waals surface area (Å²) in [6, 6.07) is 18.7. The highest BCUT2D eigenvalue weighted by Gasteiger charge is 1.95. The molecule has 80 valence electrons. The molecule has 0 spiro atoms. The van der Waals surface area contributed by atoms with Gasteiger partial charge in [0.2, 0.25) is 0 Å². The van der Waals surface area contributed by atoms with Crippen LogP contribution in [0, 0.1) is 0 Å². The summed E-state index contributed by atoms with van der Waals surface area (Å²) in [5.41, 5.74) is 3.76. The van der Waals surface area contributed by atoms with E-state index in [0.717, 1.165) is 4.47 Å². The molecule has 0 aromatic heterocycles. The van der Waals surface area contributed by atoms with Gasteiger partial charge in [-0.3, -0.25) is 0 Å². The third-order valence-corrected chi connectivity index (χ3v) is 2.95. The van der Waals surface area contributed by atoms with Crippen molar-refractivity contribution in [3.8, 4) is 0 Å². The van der Waals surface area contributed by atoms with E-state index in [1.165, 1.54) is 16.7 Å². The Hall–Kier alpha value is -1.34. The molecule has 0 aliphatic heterocycles. The first kappa shape index (κ1) is 11.2. The van der Waals surface area contributed by atoms with E-state index in [-0.39, 0.29) is 0 Å². The van der Waals surface area contributed by atoms with Crippen molar-refractivity contribution in [3.63, 3.8) is 0 Å². The van der Waals surface area contributed by atoms with E-state index in [2.05, 4.69) is 65.3 Å². The van der Waals surface area contributed by atoms with Crippen molar-refractivity contribution in [2.75, 3.05) is 0 Å². The van der Waals surface area contributed by atoms with Crippen LogP contribution in [0.15, 0.2) is 59.1 Å². The molecule has 0 N–H and O–H groups in total. The molecule has 0 aliphatic rings. The molecule has 0 atom stereocenters. The van der Waals surface area contributed by atoms with Crippen molar-refractivity contribution >= 4 is 27.6 Å². The second kappa shape index (κ2) is 5.13. The fourth-order valence-electron chi connectivity index (χ4n) is 1.63. The summed E-state index contributed by atoms with van der Waals surface area (Å²) in [7, 11) is 0. The predicted molar refractivity (Wildman–Crippen MR) is 74.1 cm³/mol. The van der Waals surface area contributed by atoms with Crippen LogP contribution in [0.3, 0.4) is 0 Å². The predicted octanol–water partition coefficient (Wildman–Crippen LogP) is 5.01. The molecule has 0 heterocycles. The van der Waals surface area contributed by atoms with Crippen molar-refractivity contribution in [1.29, 1.82) is 0 Å². The first-order valence-corrected chi connectivity index (χ1v) is 6.04. The highest BCUT2D eigenvalue weighted by Crippen LogP contribution is 2.19. The minimum Gasteiger partial charge on any atom is -0.0622 e. The summed E-state index contributed by atoms with van der Waals surface area (Å²) >= 11 is 3.48.